The Morgan fingerprint density at radius 2 is 1.52 bits per heavy atom. The largest absolute Gasteiger partial charge is 0.444 e. The molecule has 2 aromatic carbocycles. The number of aryl methyl sites for hydroxylation is 1. The Bertz CT molecular complexity index is 1400. The Morgan fingerprint density at radius 1 is 0.905 bits per heavy atom. The summed E-state index contributed by atoms with van der Waals surface area (Å²) in [5.74, 6) is 1.15. The van der Waals surface area contributed by atoms with E-state index in [4.69, 9.17) is 9.84 Å². The molecule has 42 heavy (non-hydrogen) atoms. The van der Waals surface area contributed by atoms with Crippen molar-refractivity contribution in [2.45, 2.75) is 104 Å². The number of hydrogen-bond acceptors (Lipinski definition) is 4. The second-order valence-corrected chi connectivity index (χ2v) is 14.0. The van der Waals surface area contributed by atoms with Crippen molar-refractivity contribution in [2.75, 3.05) is 10.6 Å². The van der Waals surface area contributed by atoms with E-state index in [9.17, 15) is 9.59 Å². The quantitative estimate of drug-likeness (QED) is 0.326. The summed E-state index contributed by atoms with van der Waals surface area (Å²) in [6.07, 6.45) is 4.91. The van der Waals surface area contributed by atoms with Gasteiger partial charge in [-0.15, -0.1) is 0 Å². The third kappa shape index (κ3) is 6.97. The minimum absolute atomic E-state index is 0.162. The van der Waals surface area contributed by atoms with Crippen LogP contribution >= 0.6 is 0 Å². The van der Waals surface area contributed by atoms with Crippen LogP contribution in [-0.4, -0.2) is 44.5 Å². The molecule has 2 fully saturated rings. The number of rotatable bonds is 5. The van der Waals surface area contributed by atoms with Crippen LogP contribution < -0.4 is 10.6 Å². The summed E-state index contributed by atoms with van der Waals surface area (Å²) < 4.78 is 7.47. The molecule has 1 aromatic heterocycles. The van der Waals surface area contributed by atoms with Gasteiger partial charge in [0.2, 0.25) is 0 Å². The lowest BCUT2D eigenvalue weighted by Gasteiger charge is -2.39. The van der Waals surface area contributed by atoms with Gasteiger partial charge in [-0.1, -0.05) is 50.6 Å². The maximum atomic E-state index is 13.0. The van der Waals surface area contributed by atoms with E-state index in [-0.39, 0.29) is 29.6 Å². The van der Waals surface area contributed by atoms with Crippen LogP contribution in [0, 0.1) is 12.8 Å². The first-order chi connectivity index (χ1) is 19.7. The van der Waals surface area contributed by atoms with Gasteiger partial charge in [-0.25, -0.2) is 14.3 Å². The molecule has 0 spiro atoms. The summed E-state index contributed by atoms with van der Waals surface area (Å²) in [6.45, 7) is 14.1. The minimum atomic E-state index is -0.474. The van der Waals surface area contributed by atoms with Crippen molar-refractivity contribution < 1.29 is 14.3 Å². The van der Waals surface area contributed by atoms with E-state index in [0.717, 1.165) is 54.7 Å². The first kappa shape index (κ1) is 29.7. The van der Waals surface area contributed by atoms with Gasteiger partial charge in [-0.05, 0) is 95.5 Å². The number of fused-ring (bicyclic) bond motifs is 2. The predicted octanol–water partition coefficient (Wildman–Crippen LogP) is 7.84. The lowest BCUT2D eigenvalue weighted by molar-refractivity contribution is 0.00216. The summed E-state index contributed by atoms with van der Waals surface area (Å²) in [6, 6.07) is 18.3. The molecule has 3 heterocycles. The molecule has 0 saturated carbocycles. The van der Waals surface area contributed by atoms with Crippen molar-refractivity contribution in [3.8, 4) is 5.69 Å². The zero-order valence-electron chi connectivity index (χ0n) is 26.0. The zero-order valence-corrected chi connectivity index (χ0v) is 26.0. The summed E-state index contributed by atoms with van der Waals surface area (Å²) in [5.41, 5.74) is 4.28. The molecule has 3 amide bonds. The highest BCUT2D eigenvalue weighted by Gasteiger charge is 2.44. The van der Waals surface area contributed by atoms with E-state index in [1.165, 1.54) is 5.56 Å². The zero-order chi connectivity index (χ0) is 30.2. The van der Waals surface area contributed by atoms with Crippen LogP contribution in [0.15, 0.2) is 54.6 Å². The average Bonchev–Trinajstić information content (AvgIpc) is 3.43. The fourth-order valence-electron chi connectivity index (χ4n) is 6.12. The van der Waals surface area contributed by atoms with Crippen molar-refractivity contribution in [1.29, 1.82) is 0 Å². The van der Waals surface area contributed by atoms with Gasteiger partial charge >= 0.3 is 12.1 Å². The maximum Gasteiger partial charge on any atom is 0.410 e. The number of benzene rings is 2. The second-order valence-electron chi connectivity index (χ2n) is 14.0. The molecule has 0 radical (unpaired) electrons. The molecule has 2 unspecified atom stereocenters. The Hall–Kier alpha value is -3.81. The summed E-state index contributed by atoms with van der Waals surface area (Å²) >= 11 is 0. The molecule has 0 aliphatic carbocycles. The standard InChI is InChI=1S/C34H45N5O3/c1-22-8-14-26(15-9-22)39-30(21-29(37-39)33(2,3)4)36-31(40)35-25-12-10-23(11-13-25)18-24-19-27-16-17-28(20-24)38(27)32(41)42-34(5,6)7/h8-15,21,24,27-28H,16-20H2,1-7H3,(H2,35,36,40). The number of hydrogen-bond donors (Lipinski definition) is 2. The molecule has 2 N–H and O–H groups in total. The Morgan fingerprint density at radius 3 is 2.10 bits per heavy atom. The number of anilines is 2. The van der Waals surface area contributed by atoms with Gasteiger partial charge in [0, 0.05) is 29.3 Å². The van der Waals surface area contributed by atoms with Crippen molar-refractivity contribution in [1.82, 2.24) is 14.7 Å². The number of nitrogens with zero attached hydrogens (tertiary/aromatic N) is 3. The predicted molar refractivity (Wildman–Crippen MR) is 167 cm³/mol. The topological polar surface area (TPSA) is 88.5 Å². The number of urea groups is 1. The Kier molecular flexibility index (Phi) is 8.10. The molecular formula is C34H45N5O3. The number of amides is 3. The molecule has 2 bridgehead atoms. The van der Waals surface area contributed by atoms with Gasteiger partial charge in [-0.3, -0.25) is 5.32 Å². The van der Waals surface area contributed by atoms with E-state index in [2.05, 4.69) is 43.5 Å². The highest BCUT2D eigenvalue weighted by atomic mass is 16.6. The summed E-state index contributed by atoms with van der Waals surface area (Å²) in [5, 5.41) is 10.8. The van der Waals surface area contributed by atoms with Gasteiger partial charge in [-0.2, -0.15) is 5.10 Å². The number of carbonyl (C=O) groups is 2. The van der Waals surface area contributed by atoms with E-state index >= 15 is 0 Å². The molecule has 2 atom stereocenters. The molecule has 2 saturated heterocycles. The third-order valence-electron chi connectivity index (χ3n) is 8.17. The summed E-state index contributed by atoms with van der Waals surface area (Å²) in [7, 11) is 0. The number of nitrogens with one attached hydrogen (secondary N) is 2. The first-order valence-corrected chi connectivity index (χ1v) is 15.1. The van der Waals surface area contributed by atoms with Gasteiger partial charge in [0.05, 0.1) is 11.4 Å². The third-order valence-corrected chi connectivity index (χ3v) is 8.17. The molecule has 2 aliphatic heterocycles. The van der Waals surface area contributed by atoms with Crippen LogP contribution in [0.3, 0.4) is 0 Å². The van der Waals surface area contributed by atoms with Crippen molar-refractivity contribution in [3.05, 3.63) is 71.4 Å². The van der Waals surface area contributed by atoms with Crippen LogP contribution in [-0.2, 0) is 16.6 Å². The second kappa shape index (κ2) is 11.5. The lowest BCUT2D eigenvalue weighted by atomic mass is 9.86. The fourth-order valence-corrected chi connectivity index (χ4v) is 6.12. The number of piperidine rings is 1. The normalized spacial score (nSPS) is 20.4. The molecule has 8 heteroatoms. The van der Waals surface area contributed by atoms with E-state index in [1.807, 2.05) is 75.1 Å². The molecule has 3 aromatic rings. The van der Waals surface area contributed by atoms with Crippen molar-refractivity contribution in [3.63, 3.8) is 0 Å². The first-order valence-electron chi connectivity index (χ1n) is 15.1. The summed E-state index contributed by atoms with van der Waals surface area (Å²) in [4.78, 5) is 27.8. The van der Waals surface area contributed by atoms with E-state index < -0.39 is 5.60 Å². The molecule has 5 rings (SSSR count). The number of carbonyl (C=O) groups excluding carboxylic acids is 2. The minimum Gasteiger partial charge on any atom is -0.444 e. The van der Waals surface area contributed by atoms with Gasteiger partial charge in [0.15, 0.2) is 0 Å². The molecule has 8 nitrogen and oxygen atoms in total. The van der Waals surface area contributed by atoms with E-state index in [1.54, 1.807) is 4.68 Å². The SMILES string of the molecule is Cc1ccc(-n2nc(C(C)(C)C)cc2NC(=O)Nc2ccc(CC3CC4CCC(C3)N4C(=O)OC(C)(C)C)cc2)cc1. The lowest BCUT2D eigenvalue weighted by Crippen LogP contribution is -2.48. The van der Waals surface area contributed by atoms with Crippen LogP contribution in [0.4, 0.5) is 21.1 Å². The molecule has 224 valence electrons. The van der Waals surface area contributed by atoms with Crippen LogP contribution in [0.1, 0.15) is 84.0 Å². The monoisotopic (exact) mass is 571 g/mol. The van der Waals surface area contributed by atoms with Gasteiger partial charge < -0.3 is 15.0 Å². The smallest absolute Gasteiger partial charge is 0.410 e. The van der Waals surface area contributed by atoms with Crippen LogP contribution in [0.5, 0.6) is 0 Å². The fraction of sp³-hybridized carbons (Fsp3) is 0.500. The van der Waals surface area contributed by atoms with E-state index in [0.29, 0.717) is 11.7 Å². The molecule has 2 aliphatic rings. The van der Waals surface area contributed by atoms with Crippen molar-refractivity contribution in [2.24, 2.45) is 5.92 Å². The number of aromatic nitrogens is 2. The average molecular weight is 572 g/mol. The van der Waals surface area contributed by atoms with Gasteiger partial charge in [0.25, 0.3) is 0 Å². The highest BCUT2D eigenvalue weighted by molar-refractivity contribution is 5.99. The highest BCUT2D eigenvalue weighted by Crippen LogP contribution is 2.40. The number of ether oxygens (including phenoxy) is 1. The van der Waals surface area contributed by atoms with Crippen molar-refractivity contribution >= 4 is 23.6 Å². The Balaban J connectivity index is 1.19. The molecular weight excluding hydrogens is 526 g/mol. The maximum absolute atomic E-state index is 13.0. The van der Waals surface area contributed by atoms with Crippen LogP contribution in [0.25, 0.3) is 5.69 Å². The van der Waals surface area contributed by atoms with Gasteiger partial charge in [0.1, 0.15) is 11.4 Å². The van der Waals surface area contributed by atoms with Crippen LogP contribution in [0.2, 0.25) is 0 Å². The Labute approximate surface area is 249 Å².